The molecule has 0 saturated heterocycles. The van der Waals surface area contributed by atoms with E-state index in [1.54, 1.807) is 26.0 Å². The largest absolute Gasteiger partial charge is 0.335 e. The SMILES string of the molecule is CCS(=O)(=O)CC(C)N(C)C(=O)C(=O)c1ccc(C(C)(C)C)cc1. The van der Waals surface area contributed by atoms with E-state index in [-0.39, 0.29) is 16.9 Å². The Kier molecular flexibility index (Phi) is 6.33. The first kappa shape index (κ1) is 20.4. The summed E-state index contributed by atoms with van der Waals surface area (Å²) in [6.07, 6.45) is 0. The van der Waals surface area contributed by atoms with Gasteiger partial charge in [0, 0.05) is 24.4 Å². The van der Waals surface area contributed by atoms with Crippen LogP contribution in [-0.4, -0.2) is 49.6 Å². The van der Waals surface area contributed by atoms with E-state index in [1.807, 2.05) is 12.1 Å². The lowest BCUT2D eigenvalue weighted by Gasteiger charge is -2.24. The van der Waals surface area contributed by atoms with Gasteiger partial charge in [-0.05, 0) is 17.9 Å². The van der Waals surface area contributed by atoms with Gasteiger partial charge in [0.2, 0.25) is 5.78 Å². The number of rotatable bonds is 6. The molecule has 1 aromatic rings. The van der Waals surface area contributed by atoms with Crippen molar-refractivity contribution in [2.75, 3.05) is 18.6 Å². The molecule has 0 heterocycles. The third-order valence-electron chi connectivity index (χ3n) is 4.12. The number of hydrogen-bond acceptors (Lipinski definition) is 4. The fourth-order valence-electron chi connectivity index (χ4n) is 2.20. The fraction of sp³-hybridized carbons (Fsp3) is 0.556. The smallest absolute Gasteiger partial charge is 0.294 e. The lowest BCUT2D eigenvalue weighted by molar-refractivity contribution is -0.126. The van der Waals surface area contributed by atoms with Gasteiger partial charge in [-0.2, -0.15) is 0 Å². The van der Waals surface area contributed by atoms with Crippen molar-refractivity contribution in [3.8, 4) is 0 Å². The number of ketones is 1. The van der Waals surface area contributed by atoms with Crippen LogP contribution in [0.2, 0.25) is 0 Å². The van der Waals surface area contributed by atoms with Crippen molar-refractivity contribution in [1.82, 2.24) is 4.90 Å². The van der Waals surface area contributed by atoms with Crippen molar-refractivity contribution >= 4 is 21.5 Å². The van der Waals surface area contributed by atoms with E-state index >= 15 is 0 Å². The summed E-state index contributed by atoms with van der Waals surface area (Å²) < 4.78 is 23.4. The van der Waals surface area contributed by atoms with Crippen molar-refractivity contribution in [2.24, 2.45) is 0 Å². The monoisotopic (exact) mass is 353 g/mol. The summed E-state index contributed by atoms with van der Waals surface area (Å²) in [6.45, 7) is 9.39. The molecule has 6 heteroatoms. The molecule has 0 radical (unpaired) electrons. The normalized spacial score (nSPS) is 13.4. The van der Waals surface area contributed by atoms with E-state index in [1.165, 1.54) is 11.9 Å². The van der Waals surface area contributed by atoms with Crippen LogP contribution in [0.4, 0.5) is 0 Å². The molecule has 24 heavy (non-hydrogen) atoms. The summed E-state index contributed by atoms with van der Waals surface area (Å²) in [5, 5.41) is 0. The molecule has 0 bridgehead atoms. The Morgan fingerprint density at radius 3 is 2.04 bits per heavy atom. The van der Waals surface area contributed by atoms with Gasteiger partial charge < -0.3 is 4.90 Å². The minimum Gasteiger partial charge on any atom is -0.335 e. The van der Waals surface area contributed by atoms with Crippen LogP contribution in [0.25, 0.3) is 0 Å². The zero-order chi connectivity index (χ0) is 18.7. The van der Waals surface area contributed by atoms with Gasteiger partial charge in [0.1, 0.15) is 0 Å². The number of carbonyl (C=O) groups excluding carboxylic acids is 2. The molecule has 1 aromatic carbocycles. The van der Waals surface area contributed by atoms with Gasteiger partial charge in [-0.1, -0.05) is 52.0 Å². The van der Waals surface area contributed by atoms with Gasteiger partial charge in [0.25, 0.3) is 5.91 Å². The molecule has 1 atom stereocenters. The van der Waals surface area contributed by atoms with Crippen LogP contribution in [0.1, 0.15) is 50.5 Å². The van der Waals surface area contributed by atoms with E-state index in [2.05, 4.69) is 20.8 Å². The highest BCUT2D eigenvalue weighted by Crippen LogP contribution is 2.22. The second kappa shape index (κ2) is 7.47. The topological polar surface area (TPSA) is 71.5 Å². The molecule has 0 spiro atoms. The van der Waals surface area contributed by atoms with Crippen molar-refractivity contribution < 1.29 is 18.0 Å². The number of hydrogen-bond donors (Lipinski definition) is 0. The molecule has 0 N–H and O–H groups in total. The molecule has 1 amide bonds. The number of Topliss-reactive ketones (excluding diaryl/α,β-unsaturated/α-hetero) is 1. The maximum Gasteiger partial charge on any atom is 0.294 e. The number of likely N-dealkylation sites (N-methyl/N-ethyl adjacent to an activating group) is 1. The number of amides is 1. The third-order valence-corrected chi connectivity index (χ3v) is 5.99. The Morgan fingerprint density at radius 1 is 1.12 bits per heavy atom. The van der Waals surface area contributed by atoms with Crippen LogP contribution in [-0.2, 0) is 20.0 Å². The van der Waals surface area contributed by atoms with Crippen LogP contribution in [0.15, 0.2) is 24.3 Å². The standard InChI is InChI=1S/C18H27NO4S/c1-7-24(22,23)12-13(2)19(6)17(21)16(20)14-8-10-15(11-9-14)18(3,4)5/h8-11,13H,7,12H2,1-6H3. The van der Waals surface area contributed by atoms with Crippen LogP contribution < -0.4 is 0 Å². The highest BCUT2D eigenvalue weighted by molar-refractivity contribution is 7.91. The summed E-state index contributed by atoms with van der Waals surface area (Å²) >= 11 is 0. The zero-order valence-corrected chi connectivity index (χ0v) is 16.1. The fourth-order valence-corrected chi connectivity index (χ4v) is 3.40. The predicted molar refractivity (Wildman–Crippen MR) is 96.0 cm³/mol. The van der Waals surface area contributed by atoms with Crippen molar-refractivity contribution in [3.05, 3.63) is 35.4 Å². The van der Waals surface area contributed by atoms with Gasteiger partial charge >= 0.3 is 0 Å². The first-order valence-corrected chi connectivity index (χ1v) is 9.83. The molecule has 1 unspecified atom stereocenters. The molecule has 0 aliphatic rings. The number of carbonyl (C=O) groups is 2. The first-order valence-electron chi connectivity index (χ1n) is 8.01. The third kappa shape index (κ3) is 5.16. The summed E-state index contributed by atoms with van der Waals surface area (Å²) in [4.78, 5) is 25.9. The molecule has 1 rings (SSSR count). The van der Waals surface area contributed by atoms with Crippen LogP contribution in [0, 0.1) is 0 Å². The summed E-state index contributed by atoms with van der Waals surface area (Å²) in [5.41, 5.74) is 1.35. The lowest BCUT2D eigenvalue weighted by Crippen LogP contribution is -2.43. The van der Waals surface area contributed by atoms with E-state index in [0.29, 0.717) is 5.56 Å². The summed E-state index contributed by atoms with van der Waals surface area (Å²) in [5.74, 6) is -1.46. The molecule has 0 aliphatic heterocycles. The average Bonchev–Trinajstić information content (AvgIpc) is 2.51. The maximum absolute atomic E-state index is 12.3. The van der Waals surface area contributed by atoms with Gasteiger partial charge in [0.15, 0.2) is 9.84 Å². The summed E-state index contributed by atoms with van der Waals surface area (Å²) in [7, 11) is -1.76. The van der Waals surface area contributed by atoms with Crippen LogP contribution in [0.3, 0.4) is 0 Å². The molecule has 5 nitrogen and oxygen atoms in total. The van der Waals surface area contributed by atoms with Gasteiger partial charge in [0.05, 0.1) is 5.75 Å². The van der Waals surface area contributed by atoms with Gasteiger partial charge in [-0.15, -0.1) is 0 Å². The molecule has 134 valence electrons. The molecule has 0 fully saturated rings. The van der Waals surface area contributed by atoms with E-state index in [4.69, 9.17) is 0 Å². The average molecular weight is 353 g/mol. The predicted octanol–water partition coefficient (Wildman–Crippen LogP) is 2.45. The summed E-state index contributed by atoms with van der Waals surface area (Å²) in [6, 6.07) is 6.40. The Labute approximate surface area is 145 Å². The zero-order valence-electron chi connectivity index (χ0n) is 15.3. The lowest BCUT2D eigenvalue weighted by atomic mass is 9.86. The number of sulfone groups is 1. The number of nitrogens with zero attached hydrogens (tertiary/aromatic N) is 1. The van der Waals surface area contributed by atoms with Gasteiger partial charge in [-0.25, -0.2) is 8.42 Å². The minimum absolute atomic E-state index is 0.0155. The van der Waals surface area contributed by atoms with Gasteiger partial charge in [-0.3, -0.25) is 9.59 Å². The quantitative estimate of drug-likeness (QED) is 0.582. The van der Waals surface area contributed by atoms with E-state index in [0.717, 1.165) is 5.56 Å². The minimum atomic E-state index is -3.21. The molecular weight excluding hydrogens is 326 g/mol. The Balaban J connectivity index is 2.89. The second-order valence-corrected chi connectivity index (χ2v) is 9.52. The van der Waals surface area contributed by atoms with Crippen molar-refractivity contribution in [3.63, 3.8) is 0 Å². The maximum atomic E-state index is 12.3. The molecular formula is C18H27NO4S. The number of benzene rings is 1. The Hall–Kier alpha value is -1.69. The van der Waals surface area contributed by atoms with E-state index < -0.39 is 27.6 Å². The Bertz CT molecular complexity index is 700. The highest BCUT2D eigenvalue weighted by Gasteiger charge is 2.27. The molecule has 0 aromatic heterocycles. The van der Waals surface area contributed by atoms with Crippen molar-refractivity contribution in [2.45, 2.75) is 46.1 Å². The van der Waals surface area contributed by atoms with E-state index in [9.17, 15) is 18.0 Å². The molecule has 0 aliphatic carbocycles. The molecule has 0 saturated carbocycles. The Morgan fingerprint density at radius 2 is 1.62 bits per heavy atom. The van der Waals surface area contributed by atoms with Crippen LogP contribution >= 0.6 is 0 Å². The highest BCUT2D eigenvalue weighted by atomic mass is 32.2. The van der Waals surface area contributed by atoms with Crippen molar-refractivity contribution in [1.29, 1.82) is 0 Å². The first-order chi connectivity index (χ1) is 10.9. The van der Waals surface area contributed by atoms with Crippen LogP contribution in [0.5, 0.6) is 0 Å². The second-order valence-electron chi connectivity index (χ2n) is 7.12.